The highest BCUT2D eigenvalue weighted by Crippen LogP contribution is 2.38. The Bertz CT molecular complexity index is 610. The van der Waals surface area contributed by atoms with Crippen molar-refractivity contribution >= 4 is 5.97 Å². The number of benzene rings is 1. The smallest absolute Gasteiger partial charge is 0.466 e. The Balaban J connectivity index is 3.37. The molecular weight excluding hydrogens is 329 g/mol. The van der Waals surface area contributed by atoms with Crippen LogP contribution in [-0.2, 0) is 16.0 Å². The zero-order valence-electron chi connectivity index (χ0n) is 11.6. The predicted molar refractivity (Wildman–Crippen MR) is 64.8 cm³/mol. The number of halogens is 5. The molecule has 0 aliphatic carbocycles. The van der Waals surface area contributed by atoms with Crippen molar-refractivity contribution in [3.63, 3.8) is 0 Å². The summed E-state index contributed by atoms with van der Waals surface area (Å²) in [4.78, 5) is 11.4. The number of rotatable bonds is 6. The highest BCUT2D eigenvalue weighted by atomic mass is 19.4. The van der Waals surface area contributed by atoms with Gasteiger partial charge >= 0.3 is 18.9 Å². The molecular formula is C13H10F5NO4. The first kappa shape index (κ1) is 18.5. The van der Waals surface area contributed by atoms with Gasteiger partial charge in [0.15, 0.2) is 11.5 Å². The van der Waals surface area contributed by atoms with Crippen molar-refractivity contribution in [3.8, 4) is 17.6 Å². The molecule has 0 saturated carbocycles. The molecule has 23 heavy (non-hydrogen) atoms. The first-order chi connectivity index (χ1) is 10.7. The van der Waals surface area contributed by atoms with E-state index < -0.39 is 42.4 Å². The Labute approximate surface area is 127 Å². The molecule has 5 nitrogen and oxygen atoms in total. The van der Waals surface area contributed by atoms with Gasteiger partial charge in [-0.25, -0.2) is 0 Å². The van der Waals surface area contributed by atoms with Crippen LogP contribution in [0, 0.1) is 11.3 Å². The van der Waals surface area contributed by atoms with Gasteiger partial charge in [-0.05, 0) is 13.0 Å². The van der Waals surface area contributed by atoms with E-state index in [9.17, 15) is 26.7 Å². The Morgan fingerprint density at radius 3 is 2.48 bits per heavy atom. The lowest BCUT2D eigenvalue weighted by Gasteiger charge is -2.17. The van der Waals surface area contributed by atoms with Crippen molar-refractivity contribution in [3.05, 3.63) is 23.3 Å². The van der Waals surface area contributed by atoms with Crippen LogP contribution in [0.1, 0.15) is 18.1 Å². The van der Waals surface area contributed by atoms with Gasteiger partial charge in [-0.1, -0.05) is 0 Å². The quantitative estimate of drug-likeness (QED) is 0.588. The summed E-state index contributed by atoms with van der Waals surface area (Å²) in [6.07, 6.45) is -5.92. The fourth-order valence-electron chi connectivity index (χ4n) is 1.64. The number of carbonyl (C=O) groups is 1. The lowest BCUT2D eigenvalue weighted by atomic mass is 10.1. The highest BCUT2D eigenvalue weighted by molar-refractivity contribution is 5.74. The average Bonchev–Trinajstić information content (AvgIpc) is 2.40. The van der Waals surface area contributed by atoms with E-state index in [1.54, 1.807) is 6.07 Å². The lowest BCUT2D eigenvalue weighted by molar-refractivity contribution is -0.275. The third kappa shape index (κ3) is 5.98. The van der Waals surface area contributed by atoms with Crippen molar-refractivity contribution in [2.45, 2.75) is 26.3 Å². The van der Waals surface area contributed by atoms with E-state index in [1.807, 2.05) is 0 Å². The van der Waals surface area contributed by atoms with Crippen molar-refractivity contribution in [1.29, 1.82) is 5.26 Å². The van der Waals surface area contributed by atoms with Crippen molar-refractivity contribution in [1.82, 2.24) is 0 Å². The molecule has 0 fully saturated rings. The number of alkyl halides is 5. The molecule has 0 unspecified atom stereocenters. The van der Waals surface area contributed by atoms with Crippen LogP contribution in [0.3, 0.4) is 0 Å². The van der Waals surface area contributed by atoms with E-state index in [2.05, 4.69) is 14.2 Å². The van der Waals surface area contributed by atoms with Crippen LogP contribution >= 0.6 is 0 Å². The topological polar surface area (TPSA) is 68.6 Å². The summed E-state index contributed by atoms with van der Waals surface area (Å²) in [5.41, 5.74) is -0.745. The fourth-order valence-corrected chi connectivity index (χ4v) is 1.64. The summed E-state index contributed by atoms with van der Waals surface area (Å²) in [6, 6.07) is 3.12. The van der Waals surface area contributed by atoms with E-state index in [4.69, 9.17) is 5.26 Å². The summed E-state index contributed by atoms with van der Waals surface area (Å²) in [5, 5.41) is 8.81. The molecule has 0 atom stereocenters. The number of nitriles is 1. The molecule has 0 N–H and O–H groups in total. The third-order valence-electron chi connectivity index (χ3n) is 2.33. The molecule has 0 radical (unpaired) electrons. The third-order valence-corrected chi connectivity index (χ3v) is 2.33. The number of carbonyl (C=O) groups excluding carboxylic acids is 1. The molecule has 0 saturated heterocycles. The Morgan fingerprint density at radius 2 is 2.00 bits per heavy atom. The standard InChI is InChI=1S/C13H10F5NO4/c1-2-21-10(20)5-8-3-7(6-19)4-9(22-12(14)15)11(8)23-13(16,17)18/h3-4,12H,2,5H2,1H3. The summed E-state index contributed by atoms with van der Waals surface area (Å²) < 4.78 is 74.3. The molecule has 1 aromatic rings. The lowest BCUT2D eigenvalue weighted by Crippen LogP contribution is -2.20. The number of hydrogen-bond acceptors (Lipinski definition) is 5. The van der Waals surface area contributed by atoms with E-state index >= 15 is 0 Å². The van der Waals surface area contributed by atoms with Gasteiger partial charge in [-0.15, -0.1) is 13.2 Å². The number of esters is 1. The van der Waals surface area contributed by atoms with Gasteiger partial charge < -0.3 is 14.2 Å². The normalized spacial score (nSPS) is 11.0. The van der Waals surface area contributed by atoms with Gasteiger partial charge in [0.1, 0.15) is 0 Å². The van der Waals surface area contributed by atoms with Crippen molar-refractivity contribution in [2.75, 3.05) is 6.61 Å². The maximum absolute atomic E-state index is 12.5. The molecule has 126 valence electrons. The number of ether oxygens (including phenoxy) is 3. The second-order valence-corrected chi connectivity index (χ2v) is 3.98. The van der Waals surface area contributed by atoms with E-state index in [0.29, 0.717) is 6.07 Å². The van der Waals surface area contributed by atoms with Crippen LogP contribution in [0.15, 0.2) is 12.1 Å². The van der Waals surface area contributed by atoms with Crippen LogP contribution in [0.5, 0.6) is 11.5 Å². The second kappa shape index (κ2) is 7.62. The van der Waals surface area contributed by atoms with E-state index in [-0.39, 0.29) is 12.2 Å². The van der Waals surface area contributed by atoms with E-state index in [0.717, 1.165) is 6.07 Å². The molecule has 0 heterocycles. The first-order valence-electron chi connectivity index (χ1n) is 6.09. The van der Waals surface area contributed by atoms with Gasteiger partial charge in [-0.3, -0.25) is 4.79 Å². The molecule has 0 aliphatic heterocycles. The van der Waals surface area contributed by atoms with Crippen molar-refractivity contribution < 1.29 is 41.0 Å². The highest BCUT2D eigenvalue weighted by Gasteiger charge is 2.35. The van der Waals surface area contributed by atoms with Crippen LogP contribution in [-0.4, -0.2) is 25.6 Å². The maximum atomic E-state index is 12.5. The van der Waals surface area contributed by atoms with Crippen LogP contribution in [0.4, 0.5) is 22.0 Å². The summed E-state index contributed by atoms with van der Waals surface area (Å²) in [6.45, 7) is -2.01. The van der Waals surface area contributed by atoms with Gasteiger partial charge in [-0.2, -0.15) is 14.0 Å². The number of hydrogen-bond donors (Lipinski definition) is 0. The van der Waals surface area contributed by atoms with Gasteiger partial charge in [0, 0.05) is 11.6 Å². The molecule has 10 heteroatoms. The summed E-state index contributed by atoms with van der Waals surface area (Å²) in [5.74, 6) is -3.04. The Kier molecular flexibility index (Phi) is 6.12. The molecule has 1 rings (SSSR count). The molecule has 0 aliphatic rings. The molecule has 0 spiro atoms. The second-order valence-electron chi connectivity index (χ2n) is 3.98. The zero-order valence-corrected chi connectivity index (χ0v) is 11.6. The van der Waals surface area contributed by atoms with Crippen LogP contribution in [0.25, 0.3) is 0 Å². The molecule has 0 aromatic heterocycles. The molecule has 0 amide bonds. The monoisotopic (exact) mass is 339 g/mol. The summed E-state index contributed by atoms with van der Waals surface area (Å²) >= 11 is 0. The fraction of sp³-hybridized carbons (Fsp3) is 0.385. The van der Waals surface area contributed by atoms with Gasteiger partial charge in [0.25, 0.3) is 0 Å². The van der Waals surface area contributed by atoms with E-state index in [1.165, 1.54) is 6.92 Å². The Hall–Kier alpha value is -2.57. The van der Waals surface area contributed by atoms with Gasteiger partial charge in [0.05, 0.1) is 24.7 Å². The van der Waals surface area contributed by atoms with Crippen molar-refractivity contribution in [2.24, 2.45) is 0 Å². The van der Waals surface area contributed by atoms with Crippen LogP contribution in [0.2, 0.25) is 0 Å². The molecule has 0 bridgehead atoms. The maximum Gasteiger partial charge on any atom is 0.573 e. The minimum atomic E-state index is -5.21. The first-order valence-corrected chi connectivity index (χ1v) is 6.09. The SMILES string of the molecule is CCOC(=O)Cc1cc(C#N)cc(OC(F)F)c1OC(F)(F)F. The number of nitrogens with zero attached hydrogens (tertiary/aromatic N) is 1. The average molecular weight is 339 g/mol. The van der Waals surface area contributed by atoms with Gasteiger partial charge in [0.2, 0.25) is 0 Å². The summed E-state index contributed by atoms with van der Waals surface area (Å²) in [7, 11) is 0. The Morgan fingerprint density at radius 1 is 1.35 bits per heavy atom. The zero-order chi connectivity index (χ0) is 17.6. The minimum Gasteiger partial charge on any atom is -0.466 e. The van der Waals surface area contributed by atoms with Crippen LogP contribution < -0.4 is 9.47 Å². The predicted octanol–water partition coefficient (Wildman–Crippen LogP) is 3.16. The molecule has 1 aromatic carbocycles. The minimum absolute atomic E-state index is 0.0351. The largest absolute Gasteiger partial charge is 0.573 e.